The van der Waals surface area contributed by atoms with E-state index in [0.717, 1.165) is 38.5 Å². The molecule has 130 valence electrons. The molecule has 1 unspecified atom stereocenters. The first-order chi connectivity index (χ1) is 11.3. The predicted octanol–water partition coefficient (Wildman–Crippen LogP) is 4.23. The van der Waals surface area contributed by atoms with Crippen molar-refractivity contribution < 1.29 is 14.3 Å². The highest BCUT2D eigenvalue weighted by Gasteiger charge is 2.57. The summed E-state index contributed by atoms with van der Waals surface area (Å²) in [5, 5.41) is 0. The molecule has 4 aliphatic rings. The van der Waals surface area contributed by atoms with Crippen molar-refractivity contribution in [2.75, 3.05) is 0 Å². The highest BCUT2D eigenvalue weighted by molar-refractivity contribution is 5.97. The lowest BCUT2D eigenvalue weighted by molar-refractivity contribution is -0.148. The van der Waals surface area contributed by atoms with Crippen LogP contribution in [-0.2, 0) is 14.3 Å². The number of hydrogen-bond acceptors (Lipinski definition) is 3. The molecule has 0 heterocycles. The first kappa shape index (κ1) is 16.1. The molecule has 0 saturated heterocycles. The van der Waals surface area contributed by atoms with Gasteiger partial charge in [0.15, 0.2) is 5.78 Å². The lowest BCUT2D eigenvalue weighted by atomic mass is 9.48. The van der Waals surface area contributed by atoms with E-state index in [-0.39, 0.29) is 22.9 Å². The highest BCUT2D eigenvalue weighted by Crippen LogP contribution is 2.62. The minimum atomic E-state index is -0.166. The topological polar surface area (TPSA) is 43.4 Å². The summed E-state index contributed by atoms with van der Waals surface area (Å²) < 4.78 is 5.49. The number of carbonyl (C=O) groups is 2. The van der Waals surface area contributed by atoms with Crippen LogP contribution in [0.5, 0.6) is 0 Å². The summed E-state index contributed by atoms with van der Waals surface area (Å²) in [6, 6.07) is 0. The third kappa shape index (κ3) is 2.16. The van der Waals surface area contributed by atoms with Gasteiger partial charge in [0.1, 0.15) is 6.10 Å². The van der Waals surface area contributed by atoms with E-state index in [1.807, 2.05) is 6.08 Å². The van der Waals surface area contributed by atoms with Gasteiger partial charge in [-0.05, 0) is 61.3 Å². The summed E-state index contributed by atoms with van der Waals surface area (Å²) in [7, 11) is 0. The van der Waals surface area contributed by atoms with E-state index in [1.54, 1.807) is 0 Å². The van der Waals surface area contributed by atoms with Gasteiger partial charge < -0.3 is 4.74 Å². The van der Waals surface area contributed by atoms with Gasteiger partial charge in [0.05, 0.1) is 0 Å². The molecule has 24 heavy (non-hydrogen) atoms. The average Bonchev–Trinajstić information content (AvgIpc) is 2.83. The second-order valence-electron chi connectivity index (χ2n) is 8.83. The smallest absolute Gasteiger partial charge is 0.302 e. The summed E-state index contributed by atoms with van der Waals surface area (Å²) in [6.07, 6.45) is 12.7. The van der Waals surface area contributed by atoms with Crippen LogP contribution in [0.4, 0.5) is 0 Å². The average molecular weight is 328 g/mol. The quantitative estimate of drug-likeness (QED) is 0.534. The van der Waals surface area contributed by atoms with Crippen LogP contribution in [0, 0.1) is 28.6 Å². The zero-order valence-corrected chi connectivity index (χ0v) is 15.0. The number of hydrogen-bond donors (Lipinski definition) is 0. The SMILES string of the molecule is CC(=O)O[C@H]1CC[C@@]2(C)C(=CC[C@@H]3C2CC[C@]2(C)C(=O)C=C[C@@H]32)C1. The number of rotatable bonds is 1. The van der Waals surface area contributed by atoms with Crippen LogP contribution in [-0.4, -0.2) is 17.9 Å². The lowest BCUT2D eigenvalue weighted by Crippen LogP contribution is -2.50. The normalized spacial score (nSPS) is 46.6. The van der Waals surface area contributed by atoms with Crippen LogP contribution in [0.1, 0.15) is 59.3 Å². The fourth-order valence-corrected chi connectivity index (χ4v) is 6.24. The van der Waals surface area contributed by atoms with Gasteiger partial charge in [-0.2, -0.15) is 0 Å². The summed E-state index contributed by atoms with van der Waals surface area (Å²) in [4.78, 5) is 23.7. The van der Waals surface area contributed by atoms with Gasteiger partial charge in [-0.25, -0.2) is 0 Å². The fraction of sp³-hybridized carbons (Fsp3) is 0.714. The van der Waals surface area contributed by atoms with Crippen LogP contribution >= 0.6 is 0 Å². The fourth-order valence-electron chi connectivity index (χ4n) is 6.24. The summed E-state index contributed by atoms with van der Waals surface area (Å²) in [5.41, 5.74) is 1.57. The van der Waals surface area contributed by atoms with Gasteiger partial charge in [-0.1, -0.05) is 31.6 Å². The number of fused-ring (bicyclic) bond motifs is 5. The van der Waals surface area contributed by atoms with Crippen LogP contribution in [0.25, 0.3) is 0 Å². The molecule has 0 aromatic carbocycles. The molecule has 0 aromatic heterocycles. The Balaban J connectivity index is 1.61. The van der Waals surface area contributed by atoms with Crippen LogP contribution in [0.3, 0.4) is 0 Å². The largest absolute Gasteiger partial charge is 0.462 e. The Morgan fingerprint density at radius 2 is 1.96 bits per heavy atom. The number of allylic oxidation sites excluding steroid dienone is 3. The Kier molecular flexibility index (Phi) is 3.56. The van der Waals surface area contributed by atoms with Crippen molar-refractivity contribution in [3.63, 3.8) is 0 Å². The molecular formula is C21H28O3. The molecule has 3 heteroatoms. The molecule has 0 aromatic rings. The molecule has 4 aliphatic carbocycles. The number of ketones is 1. The van der Waals surface area contributed by atoms with Gasteiger partial charge in [0, 0.05) is 18.8 Å². The number of ether oxygens (including phenoxy) is 1. The van der Waals surface area contributed by atoms with E-state index < -0.39 is 0 Å². The molecular weight excluding hydrogens is 300 g/mol. The Labute approximate surface area is 144 Å². The highest BCUT2D eigenvalue weighted by atomic mass is 16.5. The molecule has 0 bridgehead atoms. The molecule has 0 radical (unpaired) electrons. The third-order valence-electron chi connectivity index (χ3n) is 7.66. The summed E-state index contributed by atoms with van der Waals surface area (Å²) in [5.74, 6) is 1.82. The van der Waals surface area contributed by atoms with Crippen molar-refractivity contribution in [3.8, 4) is 0 Å². The third-order valence-corrected chi connectivity index (χ3v) is 7.66. The van der Waals surface area contributed by atoms with E-state index in [2.05, 4.69) is 26.0 Å². The molecule has 4 rings (SSSR count). The van der Waals surface area contributed by atoms with Crippen LogP contribution in [0.2, 0.25) is 0 Å². The molecule has 6 atom stereocenters. The summed E-state index contributed by atoms with van der Waals surface area (Å²) >= 11 is 0. The number of carbonyl (C=O) groups excluding carboxylic acids is 2. The van der Waals surface area contributed by atoms with Gasteiger partial charge in [0.2, 0.25) is 0 Å². The Morgan fingerprint density at radius 1 is 1.21 bits per heavy atom. The van der Waals surface area contributed by atoms with Crippen molar-refractivity contribution in [1.82, 2.24) is 0 Å². The van der Waals surface area contributed by atoms with Crippen molar-refractivity contribution in [2.24, 2.45) is 28.6 Å². The van der Waals surface area contributed by atoms with Gasteiger partial charge >= 0.3 is 5.97 Å². The molecule has 0 spiro atoms. The maximum atomic E-state index is 12.4. The monoisotopic (exact) mass is 328 g/mol. The molecule has 0 amide bonds. The van der Waals surface area contributed by atoms with Gasteiger partial charge in [-0.15, -0.1) is 0 Å². The second-order valence-corrected chi connectivity index (χ2v) is 8.83. The van der Waals surface area contributed by atoms with Crippen molar-refractivity contribution in [1.29, 1.82) is 0 Å². The van der Waals surface area contributed by atoms with E-state index in [9.17, 15) is 9.59 Å². The molecule has 2 saturated carbocycles. The molecule has 0 N–H and O–H groups in total. The minimum Gasteiger partial charge on any atom is -0.462 e. The predicted molar refractivity (Wildman–Crippen MR) is 92.2 cm³/mol. The number of esters is 1. The summed E-state index contributed by atoms with van der Waals surface area (Å²) in [6.45, 7) is 6.10. The van der Waals surface area contributed by atoms with Crippen molar-refractivity contribution in [2.45, 2.75) is 65.4 Å². The van der Waals surface area contributed by atoms with E-state index in [0.29, 0.717) is 23.5 Å². The van der Waals surface area contributed by atoms with Gasteiger partial charge in [0.25, 0.3) is 0 Å². The van der Waals surface area contributed by atoms with Crippen LogP contribution in [0.15, 0.2) is 23.8 Å². The first-order valence-electron chi connectivity index (χ1n) is 9.44. The Bertz CT molecular complexity index is 645. The van der Waals surface area contributed by atoms with Crippen molar-refractivity contribution in [3.05, 3.63) is 23.8 Å². The maximum absolute atomic E-state index is 12.4. The maximum Gasteiger partial charge on any atom is 0.302 e. The van der Waals surface area contributed by atoms with Gasteiger partial charge in [-0.3, -0.25) is 9.59 Å². The van der Waals surface area contributed by atoms with Crippen molar-refractivity contribution >= 4 is 11.8 Å². The molecule has 2 fully saturated rings. The zero-order valence-electron chi connectivity index (χ0n) is 15.0. The zero-order chi connectivity index (χ0) is 17.1. The van der Waals surface area contributed by atoms with E-state index in [1.165, 1.54) is 12.5 Å². The first-order valence-corrected chi connectivity index (χ1v) is 9.44. The Hall–Kier alpha value is -1.38. The molecule has 3 nitrogen and oxygen atoms in total. The van der Waals surface area contributed by atoms with Crippen LogP contribution < -0.4 is 0 Å². The van der Waals surface area contributed by atoms with E-state index >= 15 is 0 Å². The minimum absolute atomic E-state index is 0.0557. The van der Waals surface area contributed by atoms with E-state index in [4.69, 9.17) is 4.74 Å². The molecule has 0 aliphatic heterocycles. The standard InChI is InChI=1S/C21H28O3/c1-13(22)24-15-8-10-20(2)14(12-15)4-5-16-17-6-7-19(23)21(17,3)11-9-18(16)20/h4,6-7,15-18H,5,8-12H2,1-3H3/t15-,16-,17-,18?,20-,21-/m0/s1. The lowest BCUT2D eigenvalue weighted by Gasteiger charge is -2.56. The second kappa shape index (κ2) is 5.31. The Morgan fingerprint density at radius 3 is 2.71 bits per heavy atom.